The molecule has 0 aliphatic rings. The fourth-order valence-electron chi connectivity index (χ4n) is 2.02. The molecule has 3 nitrogen and oxygen atoms in total. The van der Waals surface area contributed by atoms with Gasteiger partial charge >= 0.3 is 0 Å². The highest BCUT2D eigenvalue weighted by atomic mass is 79.9. The Hall–Kier alpha value is -1.13. The molecule has 5 heteroatoms. The van der Waals surface area contributed by atoms with Crippen molar-refractivity contribution in [1.82, 2.24) is 9.97 Å². The Morgan fingerprint density at radius 2 is 1.76 bits per heavy atom. The van der Waals surface area contributed by atoms with Crippen LogP contribution in [0.4, 0.5) is 5.69 Å². The third-order valence-corrected chi connectivity index (χ3v) is 4.46. The summed E-state index contributed by atoms with van der Waals surface area (Å²) in [6, 6.07) is 8.15. The summed E-state index contributed by atoms with van der Waals surface area (Å²) < 4.78 is 0.798. The quantitative estimate of drug-likeness (QED) is 0.724. The van der Waals surface area contributed by atoms with Gasteiger partial charge in [-0.25, -0.2) is 9.97 Å². The molecule has 0 spiro atoms. The van der Waals surface area contributed by atoms with Gasteiger partial charge in [0.2, 0.25) is 0 Å². The average Bonchev–Trinajstić information content (AvgIpc) is 2.43. The summed E-state index contributed by atoms with van der Waals surface area (Å²) >= 11 is 9.71. The van der Waals surface area contributed by atoms with Crippen molar-refractivity contribution in [2.24, 2.45) is 5.92 Å². The standard InChI is InChI=1S/C16H19BrClN3/c1-10(2)9-13-14(17)15(18)20-16(19-13)11-5-7-12(8-6-11)21(3)4/h5-8,10H,9H2,1-4H3. The minimum Gasteiger partial charge on any atom is -0.378 e. The lowest BCUT2D eigenvalue weighted by molar-refractivity contribution is 0.632. The summed E-state index contributed by atoms with van der Waals surface area (Å²) in [6.07, 6.45) is 0.867. The second-order valence-corrected chi connectivity index (χ2v) is 6.79. The highest BCUT2D eigenvalue weighted by molar-refractivity contribution is 9.10. The molecule has 2 rings (SSSR count). The minimum atomic E-state index is 0.465. The molecule has 1 heterocycles. The predicted molar refractivity (Wildman–Crippen MR) is 93.0 cm³/mol. The monoisotopic (exact) mass is 367 g/mol. The van der Waals surface area contributed by atoms with E-state index in [1.54, 1.807) is 0 Å². The second-order valence-electron chi connectivity index (χ2n) is 5.64. The highest BCUT2D eigenvalue weighted by Gasteiger charge is 2.13. The number of hydrogen-bond donors (Lipinski definition) is 0. The number of anilines is 1. The first-order chi connectivity index (χ1) is 9.88. The van der Waals surface area contributed by atoms with Crippen LogP contribution in [0.1, 0.15) is 19.5 Å². The van der Waals surface area contributed by atoms with Crippen molar-refractivity contribution < 1.29 is 0 Å². The van der Waals surface area contributed by atoms with Gasteiger partial charge in [-0.1, -0.05) is 25.4 Å². The zero-order valence-corrected chi connectivity index (χ0v) is 15.0. The number of hydrogen-bond acceptors (Lipinski definition) is 3. The van der Waals surface area contributed by atoms with Crippen LogP contribution < -0.4 is 4.90 Å². The van der Waals surface area contributed by atoms with Crippen molar-refractivity contribution >= 4 is 33.2 Å². The van der Waals surface area contributed by atoms with Crippen molar-refractivity contribution in [2.45, 2.75) is 20.3 Å². The van der Waals surface area contributed by atoms with Crippen LogP contribution >= 0.6 is 27.5 Å². The molecule has 21 heavy (non-hydrogen) atoms. The molecule has 0 unspecified atom stereocenters. The van der Waals surface area contributed by atoms with Crippen molar-refractivity contribution in [3.05, 3.63) is 39.6 Å². The van der Waals surface area contributed by atoms with Gasteiger partial charge in [-0.2, -0.15) is 0 Å². The normalized spacial score (nSPS) is 11.0. The number of benzene rings is 1. The lowest BCUT2D eigenvalue weighted by atomic mass is 10.1. The molecule has 1 aromatic heterocycles. The molecule has 0 saturated carbocycles. The molecular weight excluding hydrogens is 350 g/mol. The molecule has 0 fully saturated rings. The molecule has 0 atom stereocenters. The molecule has 0 saturated heterocycles. The van der Waals surface area contributed by atoms with Gasteiger partial charge in [-0.05, 0) is 52.5 Å². The Balaban J connectivity index is 2.41. The summed E-state index contributed by atoms with van der Waals surface area (Å²) in [5.41, 5.74) is 3.07. The second kappa shape index (κ2) is 6.75. The van der Waals surface area contributed by atoms with E-state index in [1.165, 1.54) is 0 Å². The summed E-state index contributed by atoms with van der Waals surface area (Å²) in [6.45, 7) is 4.32. The maximum Gasteiger partial charge on any atom is 0.161 e. The van der Waals surface area contributed by atoms with Gasteiger partial charge in [0.1, 0.15) is 5.15 Å². The zero-order chi connectivity index (χ0) is 15.6. The van der Waals surface area contributed by atoms with Crippen LogP contribution in [0.3, 0.4) is 0 Å². The third kappa shape index (κ3) is 3.95. The average molecular weight is 369 g/mol. The maximum absolute atomic E-state index is 6.23. The Bertz CT molecular complexity index is 624. The molecular formula is C16H19BrClN3. The largest absolute Gasteiger partial charge is 0.378 e. The van der Waals surface area contributed by atoms with Gasteiger partial charge in [0.05, 0.1) is 10.2 Å². The molecule has 2 aromatic rings. The lowest BCUT2D eigenvalue weighted by Crippen LogP contribution is -2.08. The summed E-state index contributed by atoms with van der Waals surface area (Å²) in [7, 11) is 4.03. The fourth-order valence-corrected chi connectivity index (χ4v) is 2.55. The van der Waals surface area contributed by atoms with Crippen LogP contribution in [0.25, 0.3) is 11.4 Å². The molecule has 112 valence electrons. The molecule has 1 aromatic carbocycles. The minimum absolute atomic E-state index is 0.465. The van der Waals surface area contributed by atoms with Crippen LogP contribution in [0.2, 0.25) is 5.15 Å². The smallest absolute Gasteiger partial charge is 0.161 e. The number of halogens is 2. The van der Waals surface area contributed by atoms with Crippen molar-refractivity contribution in [1.29, 1.82) is 0 Å². The van der Waals surface area contributed by atoms with E-state index in [1.807, 2.05) is 26.2 Å². The lowest BCUT2D eigenvalue weighted by Gasteiger charge is -2.13. The van der Waals surface area contributed by atoms with E-state index in [4.69, 9.17) is 11.6 Å². The highest BCUT2D eigenvalue weighted by Crippen LogP contribution is 2.29. The number of aromatic nitrogens is 2. The first-order valence-corrected chi connectivity index (χ1v) is 8.05. The van der Waals surface area contributed by atoms with E-state index in [-0.39, 0.29) is 0 Å². The first-order valence-electron chi connectivity index (χ1n) is 6.88. The number of rotatable bonds is 4. The van der Waals surface area contributed by atoms with Crippen molar-refractivity contribution in [3.8, 4) is 11.4 Å². The van der Waals surface area contributed by atoms with Crippen molar-refractivity contribution in [3.63, 3.8) is 0 Å². The van der Waals surface area contributed by atoms with E-state index in [9.17, 15) is 0 Å². The van der Waals surface area contributed by atoms with Crippen LogP contribution in [-0.2, 0) is 6.42 Å². The van der Waals surface area contributed by atoms with E-state index in [2.05, 4.69) is 56.8 Å². The van der Waals surface area contributed by atoms with Gasteiger partial charge in [0.25, 0.3) is 0 Å². The van der Waals surface area contributed by atoms with Gasteiger partial charge in [-0.3, -0.25) is 0 Å². The number of nitrogens with zero attached hydrogens (tertiary/aromatic N) is 3. The van der Waals surface area contributed by atoms with E-state index >= 15 is 0 Å². The van der Waals surface area contributed by atoms with Crippen LogP contribution in [-0.4, -0.2) is 24.1 Å². The molecule has 0 radical (unpaired) electrons. The van der Waals surface area contributed by atoms with E-state index in [0.717, 1.165) is 27.8 Å². The Morgan fingerprint density at radius 3 is 2.29 bits per heavy atom. The summed E-state index contributed by atoms with van der Waals surface area (Å²) in [5.74, 6) is 1.18. The maximum atomic E-state index is 6.23. The van der Waals surface area contributed by atoms with Crippen LogP contribution in [0.15, 0.2) is 28.7 Å². The Kier molecular flexibility index (Phi) is 5.22. The van der Waals surface area contributed by atoms with Gasteiger partial charge in [0.15, 0.2) is 5.82 Å². The molecule has 0 bridgehead atoms. The molecule has 0 N–H and O–H groups in total. The SMILES string of the molecule is CC(C)Cc1nc(-c2ccc(N(C)C)cc2)nc(Cl)c1Br. The van der Waals surface area contributed by atoms with Gasteiger partial charge < -0.3 is 4.90 Å². The molecule has 0 aliphatic carbocycles. The Labute approximate surface area is 139 Å². The Morgan fingerprint density at radius 1 is 1.14 bits per heavy atom. The summed E-state index contributed by atoms with van der Waals surface area (Å²) in [5, 5.41) is 0.465. The molecule has 0 aliphatic heterocycles. The van der Waals surface area contributed by atoms with Crippen LogP contribution in [0.5, 0.6) is 0 Å². The molecule has 0 amide bonds. The first kappa shape index (κ1) is 16.2. The topological polar surface area (TPSA) is 29.0 Å². The van der Waals surface area contributed by atoms with Crippen molar-refractivity contribution in [2.75, 3.05) is 19.0 Å². The zero-order valence-electron chi connectivity index (χ0n) is 12.7. The van der Waals surface area contributed by atoms with E-state index < -0.39 is 0 Å². The summed E-state index contributed by atoms with van der Waals surface area (Å²) in [4.78, 5) is 11.1. The van der Waals surface area contributed by atoms with Gasteiger partial charge in [-0.15, -0.1) is 0 Å². The van der Waals surface area contributed by atoms with Gasteiger partial charge in [0, 0.05) is 25.3 Å². The van der Waals surface area contributed by atoms with Crippen LogP contribution in [0, 0.1) is 5.92 Å². The third-order valence-electron chi connectivity index (χ3n) is 3.12. The predicted octanol–water partition coefficient (Wildman–Crippen LogP) is 4.82. The van der Waals surface area contributed by atoms with E-state index in [0.29, 0.717) is 16.9 Å². The fraction of sp³-hybridized carbons (Fsp3) is 0.375.